The van der Waals surface area contributed by atoms with Crippen LogP contribution in [0.4, 0.5) is 5.69 Å². The first-order valence-electron chi connectivity index (χ1n) is 8.43. The molecule has 0 fully saturated rings. The Morgan fingerprint density at radius 1 is 1.36 bits per heavy atom. The summed E-state index contributed by atoms with van der Waals surface area (Å²) in [5, 5.41) is 14.7. The molecule has 0 bridgehead atoms. The van der Waals surface area contributed by atoms with E-state index in [0.29, 0.717) is 12.2 Å². The molecule has 1 amide bonds. The van der Waals surface area contributed by atoms with Crippen molar-refractivity contribution in [1.82, 2.24) is 20.1 Å². The van der Waals surface area contributed by atoms with Crippen LogP contribution in [0.15, 0.2) is 30.5 Å². The van der Waals surface area contributed by atoms with Crippen LogP contribution in [0.1, 0.15) is 35.1 Å². The molecule has 0 atom stereocenters. The van der Waals surface area contributed by atoms with Gasteiger partial charge >= 0.3 is 0 Å². The molecule has 132 valence electrons. The van der Waals surface area contributed by atoms with E-state index in [0.717, 1.165) is 48.4 Å². The van der Waals surface area contributed by atoms with Gasteiger partial charge in [0.1, 0.15) is 0 Å². The molecule has 0 saturated carbocycles. The average molecular weight is 360 g/mol. The number of aromatic amines is 1. The quantitative estimate of drug-likeness (QED) is 0.670. The number of halogens is 1. The largest absolute Gasteiger partial charge is 0.347 e. The van der Waals surface area contributed by atoms with Gasteiger partial charge in [0.15, 0.2) is 5.69 Å². The summed E-state index contributed by atoms with van der Waals surface area (Å²) in [5.74, 6) is -0.163. The van der Waals surface area contributed by atoms with Gasteiger partial charge in [0, 0.05) is 49.2 Å². The number of carbonyl (C=O) groups excluding carboxylic acids is 1. The van der Waals surface area contributed by atoms with E-state index in [1.807, 2.05) is 18.2 Å². The third kappa shape index (κ3) is 3.27. The van der Waals surface area contributed by atoms with Gasteiger partial charge in [-0.1, -0.05) is 13.0 Å². The number of aromatic nitrogens is 3. The summed E-state index contributed by atoms with van der Waals surface area (Å²) in [7, 11) is 0. The molecular weight excluding hydrogens is 338 g/mol. The highest BCUT2D eigenvalue weighted by atomic mass is 35.5. The zero-order valence-corrected chi connectivity index (χ0v) is 14.9. The van der Waals surface area contributed by atoms with Gasteiger partial charge in [0.05, 0.1) is 5.52 Å². The van der Waals surface area contributed by atoms with Crippen molar-refractivity contribution in [3.63, 3.8) is 0 Å². The van der Waals surface area contributed by atoms with E-state index >= 15 is 0 Å². The fraction of sp³-hybridized carbons (Fsp3) is 0.333. The van der Waals surface area contributed by atoms with Crippen LogP contribution in [0.25, 0.3) is 10.9 Å². The van der Waals surface area contributed by atoms with Crippen molar-refractivity contribution in [2.45, 2.75) is 32.9 Å². The predicted molar refractivity (Wildman–Crippen MR) is 101 cm³/mol. The van der Waals surface area contributed by atoms with Crippen molar-refractivity contribution in [2.75, 3.05) is 11.9 Å². The molecule has 2 aromatic heterocycles. The standard InChI is InChI=1S/C18H21N5O.ClH/c1-2-8-23-9-6-12-3-4-13(10-16(12)23)20-18(24)17-14-11-19-7-5-15(14)21-22-17;/h3-4,6,9-10,19H,2,5,7-8,11H2,1H3,(H,20,24)(H,21,22);1H. The molecule has 0 spiro atoms. The summed E-state index contributed by atoms with van der Waals surface area (Å²) in [6.07, 6.45) is 4.05. The highest BCUT2D eigenvalue weighted by Gasteiger charge is 2.21. The van der Waals surface area contributed by atoms with E-state index in [1.54, 1.807) is 0 Å². The van der Waals surface area contributed by atoms with Crippen molar-refractivity contribution in [3.05, 3.63) is 47.4 Å². The maximum absolute atomic E-state index is 12.6. The maximum Gasteiger partial charge on any atom is 0.276 e. The van der Waals surface area contributed by atoms with Crippen LogP contribution in [-0.4, -0.2) is 27.2 Å². The molecule has 0 aliphatic carbocycles. The van der Waals surface area contributed by atoms with Gasteiger partial charge in [-0.3, -0.25) is 9.89 Å². The third-order valence-electron chi connectivity index (χ3n) is 4.52. The number of rotatable bonds is 4. The van der Waals surface area contributed by atoms with Crippen LogP contribution in [0.5, 0.6) is 0 Å². The molecule has 3 N–H and O–H groups in total. The molecular formula is C18H22ClN5O. The lowest BCUT2D eigenvalue weighted by Gasteiger charge is -2.13. The van der Waals surface area contributed by atoms with Crippen LogP contribution >= 0.6 is 12.4 Å². The van der Waals surface area contributed by atoms with Crippen LogP contribution in [0, 0.1) is 0 Å². The van der Waals surface area contributed by atoms with Gasteiger partial charge in [-0.25, -0.2) is 0 Å². The number of hydrogen-bond acceptors (Lipinski definition) is 3. The Balaban J connectivity index is 0.00000182. The second kappa shape index (κ2) is 7.29. The lowest BCUT2D eigenvalue weighted by Crippen LogP contribution is -2.25. The van der Waals surface area contributed by atoms with Crippen LogP contribution in [0.2, 0.25) is 0 Å². The molecule has 1 aromatic carbocycles. The fourth-order valence-electron chi connectivity index (χ4n) is 3.30. The lowest BCUT2D eigenvalue weighted by molar-refractivity contribution is 0.102. The molecule has 0 saturated heterocycles. The number of amides is 1. The van der Waals surface area contributed by atoms with E-state index < -0.39 is 0 Å². The topological polar surface area (TPSA) is 74.7 Å². The van der Waals surface area contributed by atoms with Gasteiger partial charge in [-0.05, 0) is 30.0 Å². The molecule has 0 unspecified atom stereocenters. The number of benzene rings is 1. The fourth-order valence-corrected chi connectivity index (χ4v) is 3.30. The Morgan fingerprint density at radius 3 is 3.08 bits per heavy atom. The van der Waals surface area contributed by atoms with Gasteiger partial charge in [-0.2, -0.15) is 5.10 Å². The second-order valence-corrected chi connectivity index (χ2v) is 6.19. The number of carbonyl (C=O) groups is 1. The summed E-state index contributed by atoms with van der Waals surface area (Å²) in [6, 6.07) is 8.11. The van der Waals surface area contributed by atoms with Crippen molar-refractivity contribution in [1.29, 1.82) is 0 Å². The zero-order valence-electron chi connectivity index (χ0n) is 14.1. The van der Waals surface area contributed by atoms with Crippen molar-refractivity contribution in [2.24, 2.45) is 0 Å². The minimum Gasteiger partial charge on any atom is -0.347 e. The molecule has 6 nitrogen and oxygen atoms in total. The first-order valence-corrected chi connectivity index (χ1v) is 8.43. The van der Waals surface area contributed by atoms with Crippen molar-refractivity contribution >= 4 is 34.9 Å². The van der Waals surface area contributed by atoms with E-state index in [4.69, 9.17) is 0 Å². The van der Waals surface area contributed by atoms with Crippen molar-refractivity contribution < 1.29 is 4.79 Å². The maximum atomic E-state index is 12.6. The summed E-state index contributed by atoms with van der Waals surface area (Å²) in [5.41, 5.74) is 4.46. The Kier molecular flexibility index (Phi) is 5.11. The van der Waals surface area contributed by atoms with Crippen LogP contribution in [0.3, 0.4) is 0 Å². The molecule has 3 heterocycles. The molecule has 25 heavy (non-hydrogen) atoms. The molecule has 4 rings (SSSR count). The zero-order chi connectivity index (χ0) is 16.5. The minimum atomic E-state index is -0.163. The number of hydrogen-bond donors (Lipinski definition) is 3. The number of fused-ring (bicyclic) bond motifs is 2. The van der Waals surface area contributed by atoms with E-state index in [9.17, 15) is 4.79 Å². The number of nitrogens with one attached hydrogen (secondary N) is 3. The molecule has 1 aliphatic heterocycles. The number of aryl methyl sites for hydroxylation is 1. The third-order valence-corrected chi connectivity index (χ3v) is 4.52. The Morgan fingerprint density at radius 2 is 2.24 bits per heavy atom. The first-order chi connectivity index (χ1) is 11.8. The highest BCUT2D eigenvalue weighted by molar-refractivity contribution is 6.04. The summed E-state index contributed by atoms with van der Waals surface area (Å²) < 4.78 is 2.21. The Labute approximate surface area is 152 Å². The summed E-state index contributed by atoms with van der Waals surface area (Å²) in [4.78, 5) is 12.6. The van der Waals surface area contributed by atoms with Crippen molar-refractivity contribution in [3.8, 4) is 0 Å². The average Bonchev–Trinajstić information content (AvgIpc) is 3.19. The van der Waals surface area contributed by atoms with E-state index in [2.05, 4.69) is 44.6 Å². The highest BCUT2D eigenvalue weighted by Crippen LogP contribution is 2.22. The molecule has 3 aromatic rings. The summed E-state index contributed by atoms with van der Waals surface area (Å²) in [6.45, 7) is 4.74. The Bertz CT molecular complexity index is 898. The van der Waals surface area contributed by atoms with E-state index in [1.165, 1.54) is 5.39 Å². The van der Waals surface area contributed by atoms with Crippen LogP contribution < -0.4 is 10.6 Å². The van der Waals surface area contributed by atoms with Gasteiger partial charge in [0.25, 0.3) is 5.91 Å². The normalized spacial score (nSPS) is 13.3. The molecule has 0 radical (unpaired) electrons. The smallest absolute Gasteiger partial charge is 0.276 e. The van der Waals surface area contributed by atoms with E-state index in [-0.39, 0.29) is 18.3 Å². The molecule has 1 aliphatic rings. The lowest BCUT2D eigenvalue weighted by atomic mass is 10.1. The monoisotopic (exact) mass is 359 g/mol. The van der Waals surface area contributed by atoms with Crippen LogP contribution in [-0.2, 0) is 19.5 Å². The van der Waals surface area contributed by atoms with Gasteiger partial charge in [-0.15, -0.1) is 12.4 Å². The second-order valence-electron chi connectivity index (χ2n) is 6.19. The summed E-state index contributed by atoms with van der Waals surface area (Å²) >= 11 is 0. The number of anilines is 1. The Hall–Kier alpha value is -2.31. The minimum absolute atomic E-state index is 0. The first kappa shape index (κ1) is 17.5. The van der Waals surface area contributed by atoms with Gasteiger partial charge in [0.2, 0.25) is 0 Å². The predicted octanol–water partition coefficient (Wildman–Crippen LogP) is 3.09. The SMILES string of the molecule is CCCn1ccc2ccc(NC(=O)c3n[nH]c4c3CNCC4)cc21.Cl. The number of nitrogens with zero attached hydrogens (tertiary/aromatic N) is 2. The number of H-pyrrole nitrogens is 1. The molecule has 7 heteroatoms. The van der Waals surface area contributed by atoms with Gasteiger partial charge < -0.3 is 15.2 Å².